The molecule has 3 nitrogen and oxygen atoms in total. The van der Waals surface area contributed by atoms with E-state index in [1.807, 2.05) is 78.9 Å². The Morgan fingerprint density at radius 1 is 0.800 bits per heavy atom. The summed E-state index contributed by atoms with van der Waals surface area (Å²) in [5.41, 5.74) is 2.24. The predicted molar refractivity (Wildman–Crippen MR) is 104 cm³/mol. The summed E-state index contributed by atoms with van der Waals surface area (Å²) in [7, 11) is -3.38. The minimum absolute atomic E-state index is 0.424. The monoisotopic (exact) mass is 367 g/mol. The van der Waals surface area contributed by atoms with Gasteiger partial charge in [-0.1, -0.05) is 78.3 Å². The second-order valence-electron chi connectivity index (χ2n) is 5.65. The molecule has 25 heavy (non-hydrogen) atoms. The van der Waals surface area contributed by atoms with Crippen molar-refractivity contribution < 1.29 is 9.09 Å². The average molecular weight is 368 g/mol. The molecule has 124 valence electrons. The van der Waals surface area contributed by atoms with E-state index in [2.05, 4.69) is 5.09 Å². The van der Waals surface area contributed by atoms with Crippen LogP contribution in [0.2, 0.25) is 0 Å². The van der Waals surface area contributed by atoms with E-state index in [0.717, 1.165) is 16.8 Å². The van der Waals surface area contributed by atoms with E-state index >= 15 is 0 Å². The summed E-state index contributed by atoms with van der Waals surface area (Å²) in [5.74, 6) is 0.424. The minimum Gasteiger partial charge on any atom is -0.424 e. The van der Waals surface area contributed by atoms with Crippen molar-refractivity contribution in [1.29, 1.82) is 0 Å². The zero-order valence-corrected chi connectivity index (χ0v) is 14.9. The maximum atomic E-state index is 13.7. The Kier molecular flexibility index (Phi) is 4.12. The molecule has 0 aliphatic carbocycles. The standard InChI is InChI=1S/C20H15ClNO2P/c21-19-17-13-7-8-14-18(17)25(23,22-16-11-5-2-6-12-16)24-20(19)15-9-3-1-4-10-15/h1-14H,(H,22,23). The van der Waals surface area contributed by atoms with Crippen LogP contribution in [0, 0.1) is 0 Å². The molecule has 1 N–H and O–H groups in total. The lowest BCUT2D eigenvalue weighted by Crippen LogP contribution is -2.21. The molecular formula is C20H15ClNO2P. The lowest BCUT2D eigenvalue weighted by Gasteiger charge is -2.29. The van der Waals surface area contributed by atoms with Crippen LogP contribution in [0.15, 0.2) is 84.9 Å². The van der Waals surface area contributed by atoms with Gasteiger partial charge < -0.3 is 9.61 Å². The quantitative estimate of drug-likeness (QED) is 0.602. The number of rotatable bonds is 3. The third-order valence-corrected chi connectivity index (χ3v) is 6.35. The van der Waals surface area contributed by atoms with Crippen molar-refractivity contribution in [2.75, 3.05) is 5.09 Å². The van der Waals surface area contributed by atoms with Gasteiger partial charge >= 0.3 is 7.52 Å². The summed E-state index contributed by atoms with van der Waals surface area (Å²) >= 11 is 6.58. The van der Waals surface area contributed by atoms with Crippen molar-refractivity contribution in [3.8, 4) is 0 Å². The highest BCUT2D eigenvalue weighted by molar-refractivity contribution is 7.69. The van der Waals surface area contributed by atoms with E-state index in [9.17, 15) is 4.57 Å². The number of anilines is 1. The van der Waals surface area contributed by atoms with Gasteiger partial charge in [-0.05, 0) is 18.2 Å². The fourth-order valence-electron chi connectivity index (χ4n) is 2.79. The summed E-state index contributed by atoms with van der Waals surface area (Å²) in [6, 6.07) is 26.2. The Morgan fingerprint density at radius 2 is 1.40 bits per heavy atom. The van der Waals surface area contributed by atoms with Crippen molar-refractivity contribution in [2.45, 2.75) is 0 Å². The third kappa shape index (κ3) is 2.97. The van der Waals surface area contributed by atoms with Crippen LogP contribution in [0.5, 0.6) is 0 Å². The van der Waals surface area contributed by atoms with Gasteiger partial charge in [0.2, 0.25) is 0 Å². The van der Waals surface area contributed by atoms with E-state index in [4.69, 9.17) is 16.1 Å². The Hall–Kier alpha value is -2.48. The fourth-order valence-corrected chi connectivity index (χ4v) is 5.22. The topological polar surface area (TPSA) is 38.3 Å². The van der Waals surface area contributed by atoms with Crippen LogP contribution in [-0.4, -0.2) is 0 Å². The Morgan fingerprint density at radius 3 is 2.12 bits per heavy atom. The van der Waals surface area contributed by atoms with Gasteiger partial charge in [-0.15, -0.1) is 0 Å². The lowest BCUT2D eigenvalue weighted by atomic mass is 10.1. The largest absolute Gasteiger partial charge is 0.424 e. The lowest BCUT2D eigenvalue weighted by molar-refractivity contribution is 0.475. The van der Waals surface area contributed by atoms with Crippen molar-refractivity contribution in [3.05, 3.63) is 96.1 Å². The van der Waals surface area contributed by atoms with Gasteiger partial charge in [-0.2, -0.15) is 0 Å². The molecule has 1 atom stereocenters. The number of hydrogen-bond donors (Lipinski definition) is 1. The van der Waals surface area contributed by atoms with Crippen LogP contribution >= 0.6 is 19.1 Å². The molecule has 0 saturated carbocycles. The molecule has 1 aliphatic heterocycles. The SMILES string of the molecule is O=P1(Nc2ccccc2)OC(c2ccccc2)=C(Cl)c2ccccc21. The highest BCUT2D eigenvalue weighted by Crippen LogP contribution is 2.55. The van der Waals surface area contributed by atoms with Crippen molar-refractivity contribution >= 4 is 40.9 Å². The van der Waals surface area contributed by atoms with Crippen LogP contribution in [-0.2, 0) is 9.09 Å². The zero-order valence-electron chi connectivity index (χ0n) is 13.2. The van der Waals surface area contributed by atoms with Crippen LogP contribution in [0.4, 0.5) is 5.69 Å². The molecule has 1 unspecified atom stereocenters. The molecule has 3 aromatic rings. The first-order valence-electron chi connectivity index (χ1n) is 7.85. The predicted octanol–water partition coefficient (Wildman–Crippen LogP) is 5.71. The number of nitrogens with one attached hydrogen (secondary N) is 1. The van der Waals surface area contributed by atoms with Gasteiger partial charge in [0.25, 0.3) is 0 Å². The second-order valence-corrected chi connectivity index (χ2v) is 8.02. The van der Waals surface area contributed by atoms with Crippen LogP contribution in [0.25, 0.3) is 10.8 Å². The van der Waals surface area contributed by atoms with Gasteiger partial charge in [-0.25, -0.2) is 4.57 Å². The van der Waals surface area contributed by atoms with Crippen molar-refractivity contribution in [2.24, 2.45) is 0 Å². The molecule has 0 fully saturated rings. The van der Waals surface area contributed by atoms with Gasteiger partial charge in [0.15, 0.2) is 5.76 Å². The Balaban J connectivity index is 1.86. The van der Waals surface area contributed by atoms with Crippen molar-refractivity contribution in [3.63, 3.8) is 0 Å². The molecule has 0 amide bonds. The molecule has 1 aliphatic rings. The molecule has 0 saturated heterocycles. The van der Waals surface area contributed by atoms with Crippen LogP contribution in [0.3, 0.4) is 0 Å². The summed E-state index contributed by atoms with van der Waals surface area (Å²) in [4.78, 5) is 0. The normalized spacial score (nSPS) is 19.1. The van der Waals surface area contributed by atoms with Crippen LogP contribution < -0.4 is 10.4 Å². The molecule has 0 aromatic heterocycles. The van der Waals surface area contributed by atoms with Gasteiger partial charge in [0.1, 0.15) is 0 Å². The third-order valence-electron chi connectivity index (χ3n) is 3.96. The summed E-state index contributed by atoms with van der Waals surface area (Å²) in [6.07, 6.45) is 0. The first-order valence-corrected chi connectivity index (χ1v) is 9.86. The molecule has 1 heterocycles. The average Bonchev–Trinajstić information content (AvgIpc) is 2.66. The number of benzene rings is 3. The highest BCUT2D eigenvalue weighted by atomic mass is 35.5. The van der Waals surface area contributed by atoms with Crippen molar-refractivity contribution in [1.82, 2.24) is 0 Å². The smallest absolute Gasteiger partial charge is 0.372 e. The van der Waals surface area contributed by atoms with Gasteiger partial charge in [-0.3, -0.25) is 0 Å². The molecular weight excluding hydrogens is 353 g/mol. The van der Waals surface area contributed by atoms with E-state index in [1.54, 1.807) is 6.07 Å². The second kappa shape index (κ2) is 6.44. The minimum atomic E-state index is -3.38. The summed E-state index contributed by atoms with van der Waals surface area (Å²) in [6.45, 7) is 0. The van der Waals surface area contributed by atoms with E-state index in [0.29, 0.717) is 16.1 Å². The summed E-state index contributed by atoms with van der Waals surface area (Å²) < 4.78 is 19.7. The van der Waals surface area contributed by atoms with E-state index in [-0.39, 0.29) is 0 Å². The molecule has 0 bridgehead atoms. The number of fused-ring (bicyclic) bond motifs is 1. The highest BCUT2D eigenvalue weighted by Gasteiger charge is 2.37. The molecule has 0 radical (unpaired) electrons. The van der Waals surface area contributed by atoms with Crippen LogP contribution in [0.1, 0.15) is 11.1 Å². The van der Waals surface area contributed by atoms with Gasteiger partial charge in [0, 0.05) is 16.8 Å². The number of para-hydroxylation sites is 1. The first-order chi connectivity index (χ1) is 12.2. The van der Waals surface area contributed by atoms with E-state index < -0.39 is 7.52 Å². The summed E-state index contributed by atoms with van der Waals surface area (Å²) in [5, 5.41) is 4.11. The maximum absolute atomic E-state index is 13.7. The van der Waals surface area contributed by atoms with E-state index in [1.165, 1.54) is 0 Å². The first kappa shape index (κ1) is 16.0. The van der Waals surface area contributed by atoms with Gasteiger partial charge in [0.05, 0.1) is 10.3 Å². The molecule has 4 rings (SSSR count). The maximum Gasteiger partial charge on any atom is 0.372 e. The molecule has 5 heteroatoms. The molecule has 0 spiro atoms. The number of hydrogen-bond acceptors (Lipinski definition) is 2. The molecule has 3 aromatic carbocycles. The fraction of sp³-hybridized carbons (Fsp3) is 0. The Bertz CT molecular complexity index is 987. The Labute approximate surface area is 151 Å². The zero-order chi connectivity index (χ0) is 17.3. The number of halogens is 1.